The van der Waals surface area contributed by atoms with Crippen LogP contribution in [0.15, 0.2) is 30.9 Å². The van der Waals surface area contributed by atoms with E-state index in [1.807, 2.05) is 32.0 Å². The van der Waals surface area contributed by atoms with E-state index in [4.69, 9.17) is 47.0 Å². The van der Waals surface area contributed by atoms with Gasteiger partial charge < -0.3 is 16.0 Å². The van der Waals surface area contributed by atoms with Crippen LogP contribution >= 0.6 is 47.0 Å². The molecule has 0 radical (unpaired) electrons. The number of hydrogen-bond acceptors (Lipinski definition) is 2. The van der Waals surface area contributed by atoms with E-state index < -0.39 is 15.9 Å². The van der Waals surface area contributed by atoms with Crippen molar-refractivity contribution >= 4 is 63.7 Å². The largest absolute Gasteiger partial charge is 0.339 e. The maximum atomic E-state index is 11.4. The van der Waals surface area contributed by atoms with E-state index in [-0.39, 0.29) is 5.11 Å². The molecule has 1 rings (SSSR count). The van der Waals surface area contributed by atoms with Gasteiger partial charge in [-0.15, -0.1) is 0 Å². The fraction of sp³-hybridized carbons (Fsp3) is 0.286. The summed E-state index contributed by atoms with van der Waals surface area (Å²) in [6.45, 7) is 7.25. The van der Waals surface area contributed by atoms with Gasteiger partial charge in [-0.1, -0.05) is 53.5 Å². The van der Waals surface area contributed by atoms with Crippen LogP contribution in [0, 0.1) is 13.8 Å². The van der Waals surface area contributed by atoms with Crippen LogP contribution in [0.1, 0.15) is 11.1 Å². The first-order valence-electron chi connectivity index (χ1n) is 6.28. The summed E-state index contributed by atoms with van der Waals surface area (Å²) in [5.41, 5.74) is 2.92. The molecule has 1 aromatic rings. The van der Waals surface area contributed by atoms with E-state index in [2.05, 4.69) is 22.5 Å². The molecule has 0 bridgehead atoms. The Morgan fingerprint density at radius 2 is 1.95 bits per heavy atom. The third-order valence-electron chi connectivity index (χ3n) is 2.72. The third kappa shape index (κ3) is 6.01. The van der Waals surface area contributed by atoms with Crippen molar-refractivity contribution in [2.24, 2.45) is 0 Å². The number of amides is 1. The smallest absolute Gasteiger partial charge is 0.245 e. The number of hydrogen-bond donors (Lipinski definition) is 3. The van der Waals surface area contributed by atoms with E-state index >= 15 is 0 Å². The van der Waals surface area contributed by atoms with Gasteiger partial charge in [-0.25, -0.2) is 0 Å². The van der Waals surface area contributed by atoms with Crippen molar-refractivity contribution in [2.45, 2.75) is 23.8 Å². The van der Waals surface area contributed by atoms with Crippen molar-refractivity contribution in [1.29, 1.82) is 0 Å². The molecular weight excluding hydrogens is 365 g/mol. The third-order valence-corrected chi connectivity index (χ3v) is 3.59. The second kappa shape index (κ2) is 8.02. The number of thiocarbonyl (C=S) groups is 1. The van der Waals surface area contributed by atoms with Crippen molar-refractivity contribution in [2.75, 3.05) is 5.32 Å². The highest BCUT2D eigenvalue weighted by Crippen LogP contribution is 2.29. The summed E-state index contributed by atoms with van der Waals surface area (Å²) in [5, 5.41) is 8.45. The zero-order valence-corrected chi connectivity index (χ0v) is 15.1. The molecule has 1 unspecified atom stereocenters. The molecule has 3 N–H and O–H groups in total. The molecule has 0 saturated heterocycles. The van der Waals surface area contributed by atoms with Crippen LogP contribution < -0.4 is 16.0 Å². The van der Waals surface area contributed by atoms with E-state index in [1.165, 1.54) is 0 Å². The van der Waals surface area contributed by atoms with Crippen molar-refractivity contribution in [1.82, 2.24) is 10.6 Å². The van der Waals surface area contributed by atoms with Gasteiger partial charge in [0.05, 0.1) is 0 Å². The van der Waals surface area contributed by atoms with Crippen LogP contribution in [0.4, 0.5) is 5.69 Å². The SMILES string of the molecule is C=CC(=O)NC(NC(=S)Nc1cc(C)ccc1C)C(Cl)(Cl)Cl. The highest BCUT2D eigenvalue weighted by molar-refractivity contribution is 7.80. The molecule has 1 amide bonds. The lowest BCUT2D eigenvalue weighted by atomic mass is 10.1. The number of alkyl halides is 3. The van der Waals surface area contributed by atoms with Gasteiger partial charge in [0, 0.05) is 5.69 Å². The lowest BCUT2D eigenvalue weighted by Gasteiger charge is -2.27. The number of nitrogens with one attached hydrogen (secondary N) is 3. The topological polar surface area (TPSA) is 53.2 Å². The Kier molecular flexibility index (Phi) is 6.94. The molecule has 0 spiro atoms. The van der Waals surface area contributed by atoms with Crippen LogP contribution in [-0.4, -0.2) is 21.0 Å². The van der Waals surface area contributed by atoms with Crippen molar-refractivity contribution < 1.29 is 4.79 Å². The summed E-state index contributed by atoms with van der Waals surface area (Å²) < 4.78 is -1.79. The second-order valence-electron chi connectivity index (χ2n) is 4.60. The van der Waals surface area contributed by atoms with E-state index in [1.54, 1.807) is 0 Å². The Labute approximate surface area is 150 Å². The number of anilines is 1. The standard InChI is InChI=1S/C14H16Cl3N3OS/c1-4-11(21)19-12(14(15,16)17)20-13(22)18-10-7-8(2)5-6-9(10)3/h4-7,12H,1H2,2-3H3,(H,19,21)(H2,18,20,22). The summed E-state index contributed by atoms with van der Waals surface area (Å²) in [6, 6.07) is 5.90. The highest BCUT2D eigenvalue weighted by Gasteiger charge is 2.34. The fourth-order valence-corrected chi connectivity index (χ4v) is 2.12. The monoisotopic (exact) mass is 379 g/mol. The number of rotatable bonds is 4. The fourth-order valence-electron chi connectivity index (χ4n) is 1.56. The van der Waals surface area contributed by atoms with E-state index in [9.17, 15) is 4.79 Å². The zero-order valence-electron chi connectivity index (χ0n) is 12.0. The first kappa shape index (κ1) is 19.0. The van der Waals surface area contributed by atoms with Crippen molar-refractivity contribution in [3.63, 3.8) is 0 Å². The van der Waals surface area contributed by atoms with Crippen LogP contribution in [-0.2, 0) is 4.79 Å². The molecule has 0 aliphatic carbocycles. The molecule has 4 nitrogen and oxygen atoms in total. The molecule has 0 aliphatic heterocycles. The van der Waals surface area contributed by atoms with E-state index in [0.29, 0.717) is 0 Å². The Morgan fingerprint density at radius 1 is 1.32 bits per heavy atom. The summed E-state index contributed by atoms with van der Waals surface area (Å²) in [5.74, 6) is -0.488. The molecule has 0 saturated carbocycles. The number of aryl methyl sites for hydroxylation is 2. The Bertz CT molecular complexity index is 587. The number of benzene rings is 1. The van der Waals surface area contributed by atoms with Gasteiger partial charge in [0.25, 0.3) is 0 Å². The molecule has 0 fully saturated rings. The number of carbonyl (C=O) groups excluding carboxylic acids is 1. The molecule has 0 heterocycles. The van der Waals surface area contributed by atoms with Crippen LogP contribution in [0.2, 0.25) is 0 Å². The van der Waals surface area contributed by atoms with E-state index in [0.717, 1.165) is 22.9 Å². The maximum absolute atomic E-state index is 11.4. The minimum atomic E-state index is -1.79. The lowest BCUT2D eigenvalue weighted by molar-refractivity contribution is -0.117. The van der Waals surface area contributed by atoms with Gasteiger partial charge in [-0.2, -0.15) is 0 Å². The quantitative estimate of drug-likeness (QED) is 0.323. The Hall–Kier alpha value is -1.01. The number of carbonyl (C=O) groups is 1. The molecule has 1 aromatic carbocycles. The molecule has 1 atom stereocenters. The normalized spacial score (nSPS) is 12.2. The maximum Gasteiger partial charge on any atom is 0.245 e. The molecule has 120 valence electrons. The van der Waals surface area contributed by atoms with Gasteiger partial charge in [0.15, 0.2) is 5.11 Å². The van der Waals surface area contributed by atoms with Crippen molar-refractivity contribution in [3.8, 4) is 0 Å². The highest BCUT2D eigenvalue weighted by atomic mass is 35.6. The first-order valence-corrected chi connectivity index (χ1v) is 7.82. The molecule has 0 aliphatic rings. The van der Waals surface area contributed by atoms with Gasteiger partial charge >= 0.3 is 0 Å². The molecular formula is C14H16Cl3N3OS. The predicted octanol–water partition coefficient (Wildman–Crippen LogP) is 3.59. The Morgan fingerprint density at radius 3 is 2.50 bits per heavy atom. The van der Waals surface area contributed by atoms with Gasteiger partial charge in [0.1, 0.15) is 6.17 Å². The first-order chi connectivity index (χ1) is 10.1. The summed E-state index contributed by atoms with van der Waals surface area (Å²) in [4.78, 5) is 11.4. The van der Waals surface area contributed by atoms with Gasteiger partial charge in [-0.05, 0) is 49.3 Å². The number of halogens is 3. The second-order valence-corrected chi connectivity index (χ2v) is 7.38. The average Bonchev–Trinajstić information content (AvgIpc) is 2.41. The predicted molar refractivity (Wildman–Crippen MR) is 97.7 cm³/mol. The lowest BCUT2D eigenvalue weighted by Crippen LogP contribution is -2.55. The van der Waals surface area contributed by atoms with Crippen LogP contribution in [0.25, 0.3) is 0 Å². The average molecular weight is 381 g/mol. The minimum absolute atomic E-state index is 0.217. The molecule has 0 aromatic heterocycles. The summed E-state index contributed by atoms with van der Waals surface area (Å²) >= 11 is 22.7. The van der Waals surface area contributed by atoms with Crippen molar-refractivity contribution in [3.05, 3.63) is 42.0 Å². The minimum Gasteiger partial charge on any atom is -0.339 e. The molecule has 8 heteroatoms. The summed E-state index contributed by atoms with van der Waals surface area (Å²) in [6.07, 6.45) is 0.0693. The van der Waals surface area contributed by atoms with Crippen LogP contribution in [0.5, 0.6) is 0 Å². The van der Waals surface area contributed by atoms with Gasteiger partial charge in [-0.3, -0.25) is 4.79 Å². The van der Waals surface area contributed by atoms with Gasteiger partial charge in [0.2, 0.25) is 9.70 Å². The van der Waals surface area contributed by atoms with Crippen LogP contribution in [0.3, 0.4) is 0 Å². The Balaban J connectivity index is 2.81. The zero-order chi connectivity index (χ0) is 16.9. The summed E-state index contributed by atoms with van der Waals surface area (Å²) in [7, 11) is 0. The molecule has 22 heavy (non-hydrogen) atoms.